The standard InChI is InChI=1S/C20H17N3O3/c1-21-19(25)16-11-13-5-2-3-8-15(13)23(16)20(26)14-7-4-6-12-9-10-17(24)22-18(12)14/h2-10,16H,11H2,1H3,(H,21,25)(H,22,24). The molecule has 4 rings (SSSR count). The first-order valence-corrected chi connectivity index (χ1v) is 8.35. The molecular weight excluding hydrogens is 330 g/mol. The van der Waals surface area contributed by atoms with Crippen molar-refractivity contribution in [1.29, 1.82) is 0 Å². The summed E-state index contributed by atoms with van der Waals surface area (Å²) in [7, 11) is 1.56. The second-order valence-corrected chi connectivity index (χ2v) is 6.23. The van der Waals surface area contributed by atoms with Gasteiger partial charge >= 0.3 is 0 Å². The minimum absolute atomic E-state index is 0.219. The van der Waals surface area contributed by atoms with Crippen LogP contribution in [0.15, 0.2) is 59.4 Å². The Kier molecular flexibility index (Phi) is 3.80. The smallest absolute Gasteiger partial charge is 0.261 e. The van der Waals surface area contributed by atoms with Gasteiger partial charge in [-0.25, -0.2) is 0 Å². The Labute approximate surface area is 149 Å². The third-order valence-electron chi connectivity index (χ3n) is 4.73. The lowest BCUT2D eigenvalue weighted by atomic mass is 10.1. The molecule has 130 valence electrons. The molecule has 26 heavy (non-hydrogen) atoms. The van der Waals surface area contributed by atoms with Crippen molar-refractivity contribution < 1.29 is 9.59 Å². The van der Waals surface area contributed by atoms with Gasteiger partial charge in [0.25, 0.3) is 5.91 Å². The molecule has 6 heteroatoms. The van der Waals surface area contributed by atoms with Crippen LogP contribution in [0.2, 0.25) is 0 Å². The highest BCUT2D eigenvalue weighted by molar-refractivity contribution is 6.16. The van der Waals surface area contributed by atoms with Crippen LogP contribution in [0.5, 0.6) is 0 Å². The fourth-order valence-corrected chi connectivity index (χ4v) is 3.50. The topological polar surface area (TPSA) is 82.3 Å². The van der Waals surface area contributed by atoms with Crippen molar-refractivity contribution in [1.82, 2.24) is 10.3 Å². The van der Waals surface area contributed by atoms with Gasteiger partial charge in [-0.15, -0.1) is 0 Å². The van der Waals surface area contributed by atoms with E-state index in [2.05, 4.69) is 10.3 Å². The van der Waals surface area contributed by atoms with E-state index in [-0.39, 0.29) is 17.4 Å². The summed E-state index contributed by atoms with van der Waals surface area (Å²) in [6.45, 7) is 0. The van der Waals surface area contributed by atoms with Gasteiger partial charge in [0.05, 0.1) is 11.1 Å². The first-order valence-electron chi connectivity index (χ1n) is 8.35. The zero-order valence-corrected chi connectivity index (χ0v) is 14.2. The molecule has 1 unspecified atom stereocenters. The number of nitrogens with one attached hydrogen (secondary N) is 2. The number of hydrogen-bond acceptors (Lipinski definition) is 3. The molecule has 0 saturated heterocycles. The molecule has 1 atom stereocenters. The minimum atomic E-state index is -0.615. The van der Waals surface area contributed by atoms with Crippen LogP contribution in [0.25, 0.3) is 10.9 Å². The second kappa shape index (κ2) is 6.15. The first kappa shape index (κ1) is 16.1. The second-order valence-electron chi connectivity index (χ2n) is 6.23. The van der Waals surface area contributed by atoms with E-state index in [9.17, 15) is 14.4 Å². The summed E-state index contributed by atoms with van der Waals surface area (Å²) in [4.78, 5) is 41.8. The predicted molar refractivity (Wildman–Crippen MR) is 99.4 cm³/mol. The fraction of sp³-hybridized carbons (Fsp3) is 0.150. The van der Waals surface area contributed by atoms with Crippen molar-refractivity contribution in [2.24, 2.45) is 0 Å². The Hall–Kier alpha value is -3.41. The van der Waals surface area contributed by atoms with Gasteiger partial charge in [0, 0.05) is 25.2 Å². The molecule has 0 fully saturated rings. The molecule has 0 bridgehead atoms. The molecule has 0 aliphatic carbocycles. The Bertz CT molecular complexity index is 1090. The Morgan fingerprint density at radius 3 is 2.69 bits per heavy atom. The number of carbonyl (C=O) groups is 2. The number of para-hydroxylation sites is 2. The monoisotopic (exact) mass is 347 g/mol. The normalized spacial score (nSPS) is 15.7. The Balaban J connectivity index is 1.88. The SMILES string of the molecule is CNC(=O)C1Cc2ccccc2N1C(=O)c1cccc2ccc(=O)[nH]c12. The summed E-state index contributed by atoms with van der Waals surface area (Å²) >= 11 is 0. The number of aromatic amines is 1. The lowest BCUT2D eigenvalue weighted by Gasteiger charge is -2.25. The van der Waals surface area contributed by atoms with Crippen molar-refractivity contribution in [2.75, 3.05) is 11.9 Å². The molecular formula is C20H17N3O3. The quantitative estimate of drug-likeness (QED) is 0.742. The molecule has 1 aromatic heterocycles. The average molecular weight is 347 g/mol. The highest BCUT2D eigenvalue weighted by Crippen LogP contribution is 2.34. The number of likely N-dealkylation sites (N-methyl/N-ethyl adjacent to an activating group) is 1. The molecule has 2 amide bonds. The number of hydrogen-bond donors (Lipinski definition) is 2. The summed E-state index contributed by atoms with van der Waals surface area (Å²) < 4.78 is 0. The number of aromatic nitrogens is 1. The van der Waals surface area contributed by atoms with E-state index in [1.54, 1.807) is 25.2 Å². The van der Waals surface area contributed by atoms with E-state index < -0.39 is 6.04 Å². The summed E-state index contributed by atoms with van der Waals surface area (Å²) in [6, 6.07) is 15.3. The van der Waals surface area contributed by atoms with Crippen molar-refractivity contribution in [3.8, 4) is 0 Å². The van der Waals surface area contributed by atoms with Crippen LogP contribution < -0.4 is 15.8 Å². The number of nitrogens with zero attached hydrogens (tertiary/aromatic N) is 1. The van der Waals surface area contributed by atoms with Crippen LogP contribution in [0.3, 0.4) is 0 Å². The van der Waals surface area contributed by atoms with Crippen molar-refractivity contribution in [3.63, 3.8) is 0 Å². The summed E-state index contributed by atoms with van der Waals surface area (Å²) in [5.74, 6) is -0.528. The van der Waals surface area contributed by atoms with Gasteiger partial charge in [-0.3, -0.25) is 19.3 Å². The van der Waals surface area contributed by atoms with Crippen LogP contribution in [0.4, 0.5) is 5.69 Å². The predicted octanol–water partition coefficient (Wildman–Crippen LogP) is 1.85. The zero-order chi connectivity index (χ0) is 18.3. The first-order chi connectivity index (χ1) is 12.6. The van der Waals surface area contributed by atoms with Gasteiger partial charge in [-0.1, -0.05) is 30.3 Å². The third kappa shape index (κ3) is 2.47. The number of H-pyrrole nitrogens is 1. The number of fused-ring (bicyclic) bond motifs is 2. The fourth-order valence-electron chi connectivity index (χ4n) is 3.50. The maximum Gasteiger partial charge on any atom is 0.261 e. The molecule has 2 aromatic carbocycles. The number of pyridine rings is 1. The average Bonchev–Trinajstić information content (AvgIpc) is 3.05. The van der Waals surface area contributed by atoms with Gasteiger partial charge in [0.1, 0.15) is 6.04 Å². The van der Waals surface area contributed by atoms with E-state index in [4.69, 9.17) is 0 Å². The maximum atomic E-state index is 13.4. The van der Waals surface area contributed by atoms with Crippen molar-refractivity contribution >= 4 is 28.4 Å². The van der Waals surface area contributed by atoms with Crippen LogP contribution in [0, 0.1) is 0 Å². The van der Waals surface area contributed by atoms with Crippen molar-refractivity contribution in [3.05, 3.63) is 76.1 Å². The largest absolute Gasteiger partial charge is 0.357 e. The van der Waals surface area contributed by atoms with E-state index in [1.165, 1.54) is 11.0 Å². The van der Waals surface area contributed by atoms with Gasteiger partial charge in [0.15, 0.2) is 0 Å². The Morgan fingerprint density at radius 1 is 1.08 bits per heavy atom. The molecule has 2 heterocycles. The van der Waals surface area contributed by atoms with Gasteiger partial charge in [-0.05, 0) is 29.1 Å². The molecule has 0 spiro atoms. The highest BCUT2D eigenvalue weighted by Gasteiger charge is 2.38. The third-order valence-corrected chi connectivity index (χ3v) is 4.73. The number of anilines is 1. The highest BCUT2D eigenvalue weighted by atomic mass is 16.2. The van der Waals surface area contributed by atoms with Gasteiger partial charge in [-0.2, -0.15) is 0 Å². The number of benzene rings is 2. The van der Waals surface area contributed by atoms with Crippen LogP contribution in [-0.2, 0) is 11.2 Å². The van der Waals surface area contributed by atoms with E-state index in [1.807, 2.05) is 30.3 Å². The van der Waals surface area contributed by atoms with Crippen LogP contribution in [-0.4, -0.2) is 29.9 Å². The van der Waals surface area contributed by atoms with Gasteiger partial charge < -0.3 is 10.3 Å². The van der Waals surface area contributed by atoms with Crippen LogP contribution in [0.1, 0.15) is 15.9 Å². The van der Waals surface area contributed by atoms with E-state index >= 15 is 0 Å². The summed E-state index contributed by atoms with van der Waals surface area (Å²) in [6.07, 6.45) is 0.461. The molecule has 1 aliphatic heterocycles. The molecule has 0 saturated carbocycles. The molecule has 3 aromatic rings. The lowest BCUT2D eigenvalue weighted by molar-refractivity contribution is -0.121. The molecule has 1 aliphatic rings. The van der Waals surface area contributed by atoms with E-state index in [0.717, 1.165) is 16.6 Å². The maximum absolute atomic E-state index is 13.4. The lowest BCUT2D eigenvalue weighted by Crippen LogP contribution is -2.47. The summed E-state index contributed by atoms with van der Waals surface area (Å²) in [5.41, 5.74) is 2.24. The van der Waals surface area contributed by atoms with E-state index in [0.29, 0.717) is 17.5 Å². The summed E-state index contributed by atoms with van der Waals surface area (Å²) in [5, 5.41) is 3.40. The Morgan fingerprint density at radius 2 is 1.88 bits per heavy atom. The van der Waals surface area contributed by atoms with Gasteiger partial charge in [0.2, 0.25) is 11.5 Å². The number of amides is 2. The molecule has 0 radical (unpaired) electrons. The zero-order valence-electron chi connectivity index (χ0n) is 14.2. The minimum Gasteiger partial charge on any atom is -0.357 e. The number of rotatable bonds is 2. The van der Waals surface area contributed by atoms with Crippen LogP contribution >= 0.6 is 0 Å². The van der Waals surface area contributed by atoms with Crippen molar-refractivity contribution in [2.45, 2.75) is 12.5 Å². The molecule has 6 nitrogen and oxygen atoms in total. The number of carbonyl (C=O) groups excluding carboxylic acids is 2. The molecule has 2 N–H and O–H groups in total.